The zero-order valence-corrected chi connectivity index (χ0v) is 24.7. The van der Waals surface area contributed by atoms with Gasteiger partial charge in [-0.2, -0.15) is 0 Å². The third-order valence-electron chi connectivity index (χ3n) is 7.21. The van der Waals surface area contributed by atoms with Gasteiger partial charge in [0.2, 0.25) is 0 Å². The summed E-state index contributed by atoms with van der Waals surface area (Å²) in [6.07, 6.45) is 4.17. The maximum Gasteiger partial charge on any atom is 0.338 e. The van der Waals surface area contributed by atoms with Gasteiger partial charge >= 0.3 is 8.56 Å². The van der Waals surface area contributed by atoms with Crippen molar-refractivity contribution in [1.82, 2.24) is 0 Å². The van der Waals surface area contributed by atoms with Crippen molar-refractivity contribution >= 4 is 8.56 Å². The van der Waals surface area contributed by atoms with Gasteiger partial charge in [0.25, 0.3) is 0 Å². The Morgan fingerprint density at radius 2 is 1.20 bits per heavy atom. The van der Waals surface area contributed by atoms with Crippen molar-refractivity contribution in [3.63, 3.8) is 0 Å². The Bertz CT molecular complexity index is 1150. The predicted octanol–water partition coefficient (Wildman–Crippen LogP) is 7.38. The summed E-state index contributed by atoms with van der Waals surface area (Å²) in [6, 6.07) is 32.2. The van der Waals surface area contributed by atoms with E-state index in [-0.39, 0.29) is 12.2 Å². The normalized spacial score (nSPS) is 22.6. The van der Waals surface area contributed by atoms with Gasteiger partial charge in [0.1, 0.15) is 12.2 Å². The maximum atomic E-state index is 6.96. The summed E-state index contributed by atoms with van der Waals surface area (Å²) in [5.41, 5.74) is 3.30. The number of rotatable bonds is 14. The van der Waals surface area contributed by atoms with Gasteiger partial charge < -0.3 is 23.1 Å². The van der Waals surface area contributed by atoms with Gasteiger partial charge in [-0.15, -0.1) is 0 Å². The Labute approximate surface area is 240 Å². The van der Waals surface area contributed by atoms with E-state index in [4.69, 9.17) is 23.1 Å². The molecular formula is C34H42O5Si. The molecule has 1 heterocycles. The Morgan fingerprint density at radius 1 is 0.700 bits per heavy atom. The molecule has 0 amide bonds. The van der Waals surface area contributed by atoms with E-state index in [0.29, 0.717) is 26.4 Å². The van der Waals surface area contributed by atoms with E-state index in [9.17, 15) is 0 Å². The van der Waals surface area contributed by atoms with Crippen LogP contribution in [0.5, 0.6) is 0 Å². The molecule has 1 saturated heterocycles. The molecule has 3 aromatic carbocycles. The van der Waals surface area contributed by atoms with Crippen LogP contribution in [-0.4, -0.2) is 39.6 Å². The fourth-order valence-electron chi connectivity index (χ4n) is 4.93. The summed E-state index contributed by atoms with van der Waals surface area (Å²) in [5, 5.41) is 0. The van der Waals surface area contributed by atoms with Crippen molar-refractivity contribution < 1.29 is 23.1 Å². The number of benzene rings is 3. The highest BCUT2D eigenvalue weighted by Crippen LogP contribution is 2.34. The van der Waals surface area contributed by atoms with Gasteiger partial charge in [-0.05, 0) is 28.8 Å². The Kier molecular flexibility index (Phi) is 11.9. The summed E-state index contributed by atoms with van der Waals surface area (Å²) in [4.78, 5) is 0. The molecule has 0 radical (unpaired) electrons. The first-order valence-corrected chi connectivity index (χ1v) is 16.5. The molecular weight excluding hydrogens is 516 g/mol. The molecule has 0 N–H and O–H groups in total. The molecule has 1 fully saturated rings. The zero-order chi connectivity index (χ0) is 28.0. The summed E-state index contributed by atoms with van der Waals surface area (Å²) in [6.45, 7) is 9.92. The van der Waals surface area contributed by atoms with E-state index in [1.807, 2.05) is 66.7 Å². The molecule has 212 valence electrons. The van der Waals surface area contributed by atoms with Crippen LogP contribution < -0.4 is 0 Å². The molecule has 0 aromatic heterocycles. The van der Waals surface area contributed by atoms with E-state index in [0.717, 1.165) is 28.8 Å². The molecule has 0 unspecified atom stereocenters. The van der Waals surface area contributed by atoms with Crippen LogP contribution in [0, 0.1) is 0 Å². The lowest BCUT2D eigenvalue weighted by Crippen LogP contribution is -2.48. The van der Waals surface area contributed by atoms with E-state index < -0.39 is 20.8 Å². The topological polar surface area (TPSA) is 46.2 Å². The molecule has 1 aliphatic rings. The first kappa shape index (κ1) is 30.1. The monoisotopic (exact) mass is 558 g/mol. The van der Waals surface area contributed by atoms with Crippen molar-refractivity contribution in [3.8, 4) is 0 Å². The first-order chi connectivity index (χ1) is 19.7. The van der Waals surface area contributed by atoms with Gasteiger partial charge in [0.05, 0.1) is 38.6 Å². The lowest BCUT2D eigenvalue weighted by Gasteiger charge is -2.33. The van der Waals surface area contributed by atoms with Gasteiger partial charge in [-0.25, -0.2) is 0 Å². The van der Waals surface area contributed by atoms with Crippen molar-refractivity contribution in [2.45, 2.75) is 70.2 Å². The van der Waals surface area contributed by atoms with Crippen LogP contribution in [0.4, 0.5) is 0 Å². The van der Waals surface area contributed by atoms with Crippen LogP contribution in [0.2, 0.25) is 12.1 Å². The van der Waals surface area contributed by atoms with Crippen molar-refractivity contribution in [1.29, 1.82) is 0 Å². The fourth-order valence-corrected chi connectivity index (χ4v) is 7.61. The van der Waals surface area contributed by atoms with Gasteiger partial charge in [-0.1, -0.05) is 130 Å². The zero-order valence-electron chi connectivity index (χ0n) is 23.7. The highest BCUT2D eigenvalue weighted by Gasteiger charge is 2.49. The summed E-state index contributed by atoms with van der Waals surface area (Å²) < 4.78 is 33.5. The number of allylic oxidation sites excluding steroid dienone is 2. The van der Waals surface area contributed by atoms with Crippen LogP contribution in [0.1, 0.15) is 30.5 Å². The molecule has 0 saturated carbocycles. The second-order valence-electron chi connectivity index (χ2n) is 10.0. The fraction of sp³-hybridized carbons (Fsp3) is 0.353. The Balaban J connectivity index is 1.66. The first-order valence-electron chi connectivity index (χ1n) is 14.2. The summed E-state index contributed by atoms with van der Waals surface area (Å²) in [5.74, 6) is 0. The van der Waals surface area contributed by atoms with E-state index in [2.05, 4.69) is 56.8 Å². The van der Waals surface area contributed by atoms with Crippen LogP contribution in [0.15, 0.2) is 116 Å². The van der Waals surface area contributed by atoms with Crippen molar-refractivity contribution in [3.05, 3.63) is 132 Å². The molecule has 4 atom stereocenters. The van der Waals surface area contributed by atoms with Crippen LogP contribution in [-0.2, 0) is 42.9 Å². The maximum absolute atomic E-state index is 6.96. The number of ether oxygens (including phenoxy) is 3. The highest BCUT2D eigenvalue weighted by molar-refractivity contribution is 6.67. The van der Waals surface area contributed by atoms with Crippen molar-refractivity contribution in [2.75, 3.05) is 6.61 Å². The second kappa shape index (κ2) is 15.8. The van der Waals surface area contributed by atoms with E-state index >= 15 is 0 Å². The molecule has 4 rings (SSSR count). The standard InChI is InChI=1S/C34H42O5Si/c1-4-7-23-31-33(36-25-29-19-13-9-14-20-29)34(37-26-30-21-15-10-16-22-30)32(39-40(5-2,6-3)38-31)27-35-24-28-17-11-8-12-18-28/h4,7-23,31-34H,1,5-6,24-27H2,2-3H3/b23-7+/t31-,32-,33-,34-/m1/s1. The smallest absolute Gasteiger partial charge is 0.338 e. The number of hydrogen-bond donors (Lipinski definition) is 0. The molecule has 0 spiro atoms. The average Bonchev–Trinajstić information content (AvgIpc) is 3.13. The Hall–Kier alpha value is -2.84. The SMILES string of the molecule is C=C/C=C/[C@H]1O[Si](CC)(CC)O[C@H](COCc2ccccc2)[C@@H](OCc2ccccc2)[C@@H]1OCc1ccccc1. The van der Waals surface area contributed by atoms with Crippen LogP contribution >= 0.6 is 0 Å². The summed E-state index contributed by atoms with van der Waals surface area (Å²) in [7, 11) is -2.61. The van der Waals surface area contributed by atoms with E-state index in [1.165, 1.54) is 0 Å². The van der Waals surface area contributed by atoms with Gasteiger partial charge in [0.15, 0.2) is 0 Å². The average molecular weight is 559 g/mol. The van der Waals surface area contributed by atoms with Gasteiger partial charge in [0, 0.05) is 0 Å². The molecule has 0 bridgehead atoms. The van der Waals surface area contributed by atoms with Gasteiger partial charge in [-0.3, -0.25) is 0 Å². The quantitative estimate of drug-likeness (QED) is 0.153. The van der Waals surface area contributed by atoms with Crippen LogP contribution in [0.3, 0.4) is 0 Å². The second-order valence-corrected chi connectivity index (χ2v) is 13.7. The highest BCUT2D eigenvalue weighted by atomic mass is 28.4. The minimum absolute atomic E-state index is 0.354. The molecule has 5 nitrogen and oxygen atoms in total. The lowest BCUT2D eigenvalue weighted by molar-refractivity contribution is -0.145. The number of hydrogen-bond acceptors (Lipinski definition) is 5. The third kappa shape index (κ3) is 8.58. The van der Waals surface area contributed by atoms with Crippen LogP contribution in [0.25, 0.3) is 0 Å². The van der Waals surface area contributed by atoms with Crippen molar-refractivity contribution in [2.24, 2.45) is 0 Å². The molecule has 1 aliphatic heterocycles. The Morgan fingerprint density at radius 3 is 1.70 bits per heavy atom. The third-order valence-corrected chi connectivity index (χ3v) is 10.8. The minimum atomic E-state index is -2.61. The molecule has 40 heavy (non-hydrogen) atoms. The predicted molar refractivity (Wildman–Crippen MR) is 162 cm³/mol. The molecule has 3 aromatic rings. The lowest BCUT2D eigenvalue weighted by atomic mass is 10.0. The molecule has 0 aliphatic carbocycles. The summed E-state index contributed by atoms with van der Waals surface area (Å²) >= 11 is 0. The largest absolute Gasteiger partial charge is 0.386 e. The molecule has 6 heteroatoms. The minimum Gasteiger partial charge on any atom is -0.386 e. The van der Waals surface area contributed by atoms with E-state index in [1.54, 1.807) is 6.08 Å².